The van der Waals surface area contributed by atoms with Gasteiger partial charge in [0.25, 0.3) is 0 Å². The highest BCUT2D eigenvalue weighted by Gasteiger charge is 2.24. The lowest BCUT2D eigenvalue weighted by atomic mass is 9.97. The second-order valence-corrected chi connectivity index (χ2v) is 6.85. The summed E-state index contributed by atoms with van der Waals surface area (Å²) in [6.07, 6.45) is 1.98. The van der Waals surface area contributed by atoms with E-state index in [1.807, 2.05) is 54.6 Å². The van der Waals surface area contributed by atoms with E-state index < -0.39 is 0 Å². The molecule has 27 heavy (non-hydrogen) atoms. The van der Waals surface area contributed by atoms with E-state index in [0.29, 0.717) is 6.54 Å². The molecule has 3 aromatic rings. The van der Waals surface area contributed by atoms with Gasteiger partial charge < -0.3 is 10.1 Å². The third-order valence-electron chi connectivity index (χ3n) is 5.05. The highest BCUT2D eigenvalue weighted by Crippen LogP contribution is 2.25. The summed E-state index contributed by atoms with van der Waals surface area (Å²) in [4.78, 5) is 13.2. The summed E-state index contributed by atoms with van der Waals surface area (Å²) in [5, 5.41) is 8.14. The zero-order chi connectivity index (χ0) is 18.6. The Kier molecular flexibility index (Phi) is 5.07. The van der Waals surface area contributed by atoms with Crippen LogP contribution in [0, 0.1) is 0 Å². The van der Waals surface area contributed by atoms with Crippen LogP contribution in [0.2, 0.25) is 0 Å². The number of nitrogens with zero attached hydrogens (tertiary/aromatic N) is 3. The third-order valence-corrected chi connectivity index (χ3v) is 5.05. The fraction of sp³-hybridized carbons (Fsp3) is 0.333. The van der Waals surface area contributed by atoms with E-state index in [1.165, 1.54) is 0 Å². The van der Waals surface area contributed by atoms with Gasteiger partial charge in [0.05, 0.1) is 19.3 Å². The zero-order valence-corrected chi connectivity index (χ0v) is 15.5. The molecule has 1 aliphatic heterocycles. The summed E-state index contributed by atoms with van der Waals surface area (Å²) in [5.74, 6) is 1.92. The van der Waals surface area contributed by atoms with Gasteiger partial charge in [-0.25, -0.2) is 14.0 Å². The highest BCUT2D eigenvalue weighted by molar-refractivity contribution is 5.33. The molecular weight excluding hydrogens is 340 g/mol. The minimum absolute atomic E-state index is 0.0995. The van der Waals surface area contributed by atoms with Crippen molar-refractivity contribution in [1.82, 2.24) is 19.7 Å². The van der Waals surface area contributed by atoms with Gasteiger partial charge >= 0.3 is 5.69 Å². The van der Waals surface area contributed by atoms with Crippen molar-refractivity contribution in [2.75, 3.05) is 20.2 Å². The topological polar surface area (TPSA) is 61.1 Å². The fourth-order valence-electron chi connectivity index (χ4n) is 3.64. The van der Waals surface area contributed by atoms with Gasteiger partial charge in [0.2, 0.25) is 0 Å². The Morgan fingerprint density at radius 3 is 2.63 bits per heavy atom. The lowest BCUT2D eigenvalue weighted by Crippen LogP contribution is -2.29. The molecule has 6 heteroatoms. The largest absolute Gasteiger partial charge is 0.497 e. The van der Waals surface area contributed by atoms with Crippen molar-refractivity contribution in [3.63, 3.8) is 0 Å². The molecule has 1 aromatic heterocycles. The van der Waals surface area contributed by atoms with Gasteiger partial charge in [0.15, 0.2) is 0 Å². The van der Waals surface area contributed by atoms with Crippen molar-refractivity contribution in [2.45, 2.75) is 25.3 Å². The van der Waals surface area contributed by atoms with Crippen LogP contribution in [0.15, 0.2) is 59.4 Å². The monoisotopic (exact) mass is 364 g/mol. The molecule has 0 unspecified atom stereocenters. The maximum Gasteiger partial charge on any atom is 0.350 e. The van der Waals surface area contributed by atoms with Crippen molar-refractivity contribution in [3.05, 3.63) is 76.5 Å². The van der Waals surface area contributed by atoms with Gasteiger partial charge in [-0.1, -0.05) is 30.3 Å². The molecule has 1 fully saturated rings. The van der Waals surface area contributed by atoms with Gasteiger partial charge in [-0.2, -0.15) is 5.10 Å². The molecule has 2 aromatic carbocycles. The number of para-hydroxylation sites is 1. The van der Waals surface area contributed by atoms with Gasteiger partial charge in [0.1, 0.15) is 11.6 Å². The van der Waals surface area contributed by atoms with Crippen LogP contribution in [0.1, 0.15) is 30.1 Å². The summed E-state index contributed by atoms with van der Waals surface area (Å²) in [5.41, 5.74) is 1.76. The van der Waals surface area contributed by atoms with Crippen LogP contribution in [0.25, 0.3) is 5.69 Å². The Morgan fingerprint density at radius 1 is 1.11 bits per heavy atom. The number of methoxy groups -OCH3 is 1. The first kappa shape index (κ1) is 17.5. The lowest BCUT2D eigenvalue weighted by molar-refractivity contribution is 0.414. The minimum Gasteiger partial charge on any atom is -0.497 e. The van der Waals surface area contributed by atoms with Crippen molar-refractivity contribution < 1.29 is 4.74 Å². The second-order valence-electron chi connectivity index (χ2n) is 6.85. The number of benzene rings is 2. The quantitative estimate of drug-likeness (QED) is 0.756. The summed E-state index contributed by atoms with van der Waals surface area (Å²) < 4.78 is 8.64. The first-order valence-corrected chi connectivity index (χ1v) is 9.35. The van der Waals surface area contributed by atoms with E-state index in [-0.39, 0.29) is 11.6 Å². The molecule has 0 amide bonds. The van der Waals surface area contributed by atoms with E-state index in [2.05, 4.69) is 5.32 Å². The smallest absolute Gasteiger partial charge is 0.350 e. The van der Waals surface area contributed by atoms with E-state index in [4.69, 9.17) is 9.84 Å². The Balaban J connectivity index is 1.76. The Morgan fingerprint density at radius 2 is 1.89 bits per heavy atom. The van der Waals surface area contributed by atoms with Crippen LogP contribution in [0.4, 0.5) is 0 Å². The van der Waals surface area contributed by atoms with Gasteiger partial charge in [-0.15, -0.1) is 0 Å². The summed E-state index contributed by atoms with van der Waals surface area (Å²) in [7, 11) is 1.64. The fourth-order valence-corrected chi connectivity index (χ4v) is 3.64. The maximum absolute atomic E-state index is 13.2. The molecule has 1 saturated heterocycles. The van der Waals surface area contributed by atoms with Gasteiger partial charge in [0, 0.05) is 5.92 Å². The van der Waals surface area contributed by atoms with E-state index in [0.717, 1.165) is 48.8 Å². The van der Waals surface area contributed by atoms with Crippen LogP contribution >= 0.6 is 0 Å². The molecule has 140 valence electrons. The molecule has 0 atom stereocenters. The van der Waals surface area contributed by atoms with Crippen molar-refractivity contribution in [2.24, 2.45) is 0 Å². The third kappa shape index (κ3) is 3.66. The number of ether oxygens (including phenoxy) is 1. The van der Waals surface area contributed by atoms with Crippen LogP contribution in [0.3, 0.4) is 0 Å². The van der Waals surface area contributed by atoms with E-state index in [9.17, 15) is 4.79 Å². The minimum atomic E-state index is -0.0995. The molecule has 6 nitrogen and oxygen atoms in total. The number of hydrogen-bond acceptors (Lipinski definition) is 4. The maximum atomic E-state index is 13.2. The van der Waals surface area contributed by atoms with Crippen molar-refractivity contribution in [3.8, 4) is 11.4 Å². The molecule has 0 radical (unpaired) electrons. The lowest BCUT2D eigenvalue weighted by Gasteiger charge is -2.22. The number of piperidine rings is 1. The summed E-state index contributed by atoms with van der Waals surface area (Å²) in [6, 6.07) is 17.5. The SMILES string of the molecule is COc1cccc(Cn2nc(C3CCNCC3)n(-c3ccccc3)c2=O)c1. The number of rotatable bonds is 5. The normalized spacial score (nSPS) is 15.0. The number of hydrogen-bond donors (Lipinski definition) is 1. The van der Waals surface area contributed by atoms with Crippen LogP contribution in [-0.2, 0) is 6.54 Å². The van der Waals surface area contributed by atoms with Crippen LogP contribution in [0.5, 0.6) is 5.75 Å². The second kappa shape index (κ2) is 7.80. The van der Waals surface area contributed by atoms with Crippen LogP contribution in [-0.4, -0.2) is 34.5 Å². The summed E-state index contributed by atoms with van der Waals surface area (Å²) in [6.45, 7) is 2.33. The van der Waals surface area contributed by atoms with Gasteiger partial charge in [-0.05, 0) is 55.8 Å². The molecule has 0 saturated carbocycles. The number of nitrogens with one attached hydrogen (secondary N) is 1. The Bertz CT molecular complexity index is 956. The average molecular weight is 364 g/mol. The van der Waals surface area contributed by atoms with Crippen molar-refractivity contribution >= 4 is 0 Å². The van der Waals surface area contributed by atoms with Gasteiger partial charge in [-0.3, -0.25) is 0 Å². The molecule has 0 spiro atoms. The number of aromatic nitrogens is 3. The molecule has 2 heterocycles. The molecule has 4 rings (SSSR count). The average Bonchev–Trinajstić information content (AvgIpc) is 3.05. The molecule has 1 N–H and O–H groups in total. The highest BCUT2D eigenvalue weighted by atomic mass is 16.5. The summed E-state index contributed by atoms with van der Waals surface area (Å²) >= 11 is 0. The zero-order valence-electron chi connectivity index (χ0n) is 15.5. The molecular formula is C21H24N4O2. The Labute approximate surface area is 158 Å². The first-order valence-electron chi connectivity index (χ1n) is 9.35. The predicted octanol–water partition coefficient (Wildman–Crippen LogP) is 2.56. The first-order chi connectivity index (χ1) is 13.3. The predicted molar refractivity (Wildman–Crippen MR) is 105 cm³/mol. The molecule has 1 aliphatic rings. The standard InChI is InChI=1S/C21H24N4O2/c1-27-19-9-5-6-16(14-19)15-24-21(26)25(18-7-3-2-4-8-18)20(23-24)17-10-12-22-13-11-17/h2-9,14,17,22H,10-13,15H2,1H3. The van der Waals surface area contributed by atoms with E-state index in [1.54, 1.807) is 16.4 Å². The van der Waals surface area contributed by atoms with E-state index >= 15 is 0 Å². The van der Waals surface area contributed by atoms with Crippen molar-refractivity contribution in [1.29, 1.82) is 0 Å². The Hall–Kier alpha value is -2.86. The molecule has 0 bridgehead atoms. The van der Waals surface area contributed by atoms with Crippen LogP contribution < -0.4 is 15.7 Å². The molecule has 0 aliphatic carbocycles.